The SMILES string of the molecule is CCC1CCC(N)C(CN(CC)CC(CC)CC)C1. The van der Waals surface area contributed by atoms with Crippen molar-refractivity contribution < 1.29 is 0 Å². The molecule has 0 heterocycles. The van der Waals surface area contributed by atoms with Crippen LogP contribution in [0, 0.1) is 17.8 Å². The number of hydrogen-bond acceptors (Lipinski definition) is 2. The first kappa shape index (κ1) is 17.0. The lowest BCUT2D eigenvalue weighted by atomic mass is 9.77. The van der Waals surface area contributed by atoms with Crippen LogP contribution in [0.4, 0.5) is 0 Å². The van der Waals surface area contributed by atoms with Crippen LogP contribution in [0.25, 0.3) is 0 Å². The molecule has 1 saturated carbocycles. The van der Waals surface area contributed by atoms with Crippen LogP contribution in [0.5, 0.6) is 0 Å². The van der Waals surface area contributed by atoms with Crippen LogP contribution in [0.3, 0.4) is 0 Å². The first-order valence-corrected chi connectivity index (χ1v) is 8.62. The zero-order chi connectivity index (χ0) is 14.3. The lowest BCUT2D eigenvalue weighted by Crippen LogP contribution is -2.44. The largest absolute Gasteiger partial charge is 0.327 e. The number of hydrogen-bond donors (Lipinski definition) is 1. The molecule has 19 heavy (non-hydrogen) atoms. The molecule has 2 heteroatoms. The van der Waals surface area contributed by atoms with Crippen LogP contribution >= 0.6 is 0 Å². The van der Waals surface area contributed by atoms with Crippen molar-refractivity contribution in [3.05, 3.63) is 0 Å². The Morgan fingerprint density at radius 1 is 1.11 bits per heavy atom. The standard InChI is InChI=1S/C17H36N2/c1-5-14(6-2)12-19(8-4)13-16-11-15(7-3)9-10-17(16)18/h14-17H,5-13,18H2,1-4H3. The highest BCUT2D eigenvalue weighted by Crippen LogP contribution is 2.31. The summed E-state index contributed by atoms with van der Waals surface area (Å²) >= 11 is 0. The first-order chi connectivity index (χ1) is 9.14. The molecule has 2 N–H and O–H groups in total. The van der Waals surface area contributed by atoms with E-state index in [1.165, 1.54) is 58.2 Å². The van der Waals surface area contributed by atoms with Crippen molar-refractivity contribution in [3.63, 3.8) is 0 Å². The van der Waals surface area contributed by atoms with Gasteiger partial charge in [-0.1, -0.05) is 47.0 Å². The van der Waals surface area contributed by atoms with Crippen LogP contribution in [0.15, 0.2) is 0 Å². The van der Waals surface area contributed by atoms with Crippen molar-refractivity contribution in [2.45, 2.75) is 72.3 Å². The lowest BCUT2D eigenvalue weighted by Gasteiger charge is -2.37. The summed E-state index contributed by atoms with van der Waals surface area (Å²) in [4.78, 5) is 2.65. The minimum atomic E-state index is 0.443. The minimum absolute atomic E-state index is 0.443. The van der Waals surface area contributed by atoms with E-state index in [2.05, 4.69) is 32.6 Å². The first-order valence-electron chi connectivity index (χ1n) is 8.62. The van der Waals surface area contributed by atoms with Crippen LogP contribution in [0.2, 0.25) is 0 Å². The molecular weight excluding hydrogens is 232 g/mol. The maximum atomic E-state index is 6.37. The molecule has 0 aromatic carbocycles. The van der Waals surface area contributed by atoms with Crippen LogP contribution in [-0.2, 0) is 0 Å². The fourth-order valence-electron chi connectivity index (χ4n) is 3.54. The monoisotopic (exact) mass is 268 g/mol. The van der Waals surface area contributed by atoms with Gasteiger partial charge < -0.3 is 10.6 Å². The van der Waals surface area contributed by atoms with Crippen molar-refractivity contribution >= 4 is 0 Å². The zero-order valence-corrected chi connectivity index (χ0v) is 13.7. The van der Waals surface area contributed by atoms with E-state index in [-0.39, 0.29) is 0 Å². The normalized spacial score (nSPS) is 28.3. The second-order valence-corrected chi connectivity index (χ2v) is 6.55. The van der Waals surface area contributed by atoms with E-state index in [4.69, 9.17) is 5.73 Å². The molecule has 0 bridgehead atoms. The summed E-state index contributed by atoms with van der Waals surface area (Å²) in [6.45, 7) is 12.9. The van der Waals surface area contributed by atoms with Gasteiger partial charge in [0.25, 0.3) is 0 Å². The number of nitrogens with zero attached hydrogens (tertiary/aromatic N) is 1. The van der Waals surface area contributed by atoms with Crippen molar-refractivity contribution in [1.82, 2.24) is 4.90 Å². The van der Waals surface area contributed by atoms with Gasteiger partial charge in [0.15, 0.2) is 0 Å². The van der Waals surface area contributed by atoms with Crippen LogP contribution in [0.1, 0.15) is 66.2 Å². The van der Waals surface area contributed by atoms with Gasteiger partial charge in [-0.05, 0) is 43.6 Å². The Bertz CT molecular complexity index is 225. The number of rotatable bonds is 8. The van der Waals surface area contributed by atoms with Gasteiger partial charge in [0.2, 0.25) is 0 Å². The smallest absolute Gasteiger partial charge is 0.00795 e. The Hall–Kier alpha value is -0.0800. The molecule has 0 spiro atoms. The maximum absolute atomic E-state index is 6.37. The molecule has 0 aromatic rings. The third-order valence-corrected chi connectivity index (χ3v) is 5.34. The molecule has 0 amide bonds. The minimum Gasteiger partial charge on any atom is -0.327 e. The highest BCUT2D eigenvalue weighted by Gasteiger charge is 2.28. The molecule has 3 atom stereocenters. The Balaban J connectivity index is 2.48. The molecule has 3 unspecified atom stereocenters. The Kier molecular flexibility index (Phi) is 8.01. The Morgan fingerprint density at radius 2 is 1.79 bits per heavy atom. The average molecular weight is 268 g/mol. The molecule has 1 aliphatic rings. The van der Waals surface area contributed by atoms with E-state index >= 15 is 0 Å². The summed E-state index contributed by atoms with van der Waals surface area (Å²) in [5.74, 6) is 2.52. The topological polar surface area (TPSA) is 29.3 Å². The molecule has 1 fully saturated rings. The molecule has 2 nitrogen and oxygen atoms in total. The molecule has 0 radical (unpaired) electrons. The summed E-state index contributed by atoms with van der Waals surface area (Å²) in [5, 5.41) is 0. The van der Waals surface area contributed by atoms with E-state index in [9.17, 15) is 0 Å². The van der Waals surface area contributed by atoms with Gasteiger partial charge in [-0.3, -0.25) is 0 Å². The molecule has 1 aliphatic carbocycles. The van der Waals surface area contributed by atoms with E-state index in [1.807, 2.05) is 0 Å². The van der Waals surface area contributed by atoms with Gasteiger partial charge in [0, 0.05) is 19.1 Å². The van der Waals surface area contributed by atoms with Gasteiger partial charge in [-0.25, -0.2) is 0 Å². The van der Waals surface area contributed by atoms with Gasteiger partial charge in [0.1, 0.15) is 0 Å². The Morgan fingerprint density at radius 3 is 2.32 bits per heavy atom. The molecule has 114 valence electrons. The van der Waals surface area contributed by atoms with E-state index in [0.717, 1.165) is 17.8 Å². The van der Waals surface area contributed by atoms with Gasteiger partial charge in [-0.2, -0.15) is 0 Å². The fraction of sp³-hybridized carbons (Fsp3) is 1.00. The van der Waals surface area contributed by atoms with Crippen molar-refractivity contribution in [1.29, 1.82) is 0 Å². The van der Waals surface area contributed by atoms with E-state index in [0.29, 0.717) is 6.04 Å². The van der Waals surface area contributed by atoms with Crippen molar-refractivity contribution in [3.8, 4) is 0 Å². The van der Waals surface area contributed by atoms with Crippen molar-refractivity contribution in [2.75, 3.05) is 19.6 Å². The maximum Gasteiger partial charge on any atom is 0.00795 e. The van der Waals surface area contributed by atoms with Crippen molar-refractivity contribution in [2.24, 2.45) is 23.5 Å². The van der Waals surface area contributed by atoms with Crippen LogP contribution < -0.4 is 5.73 Å². The summed E-state index contributed by atoms with van der Waals surface area (Å²) < 4.78 is 0. The van der Waals surface area contributed by atoms with Gasteiger partial charge in [0.05, 0.1) is 0 Å². The molecule has 0 aromatic heterocycles. The van der Waals surface area contributed by atoms with E-state index in [1.54, 1.807) is 0 Å². The molecule has 0 saturated heterocycles. The quantitative estimate of drug-likeness (QED) is 0.723. The third-order valence-electron chi connectivity index (χ3n) is 5.34. The predicted molar refractivity (Wildman–Crippen MR) is 85.3 cm³/mol. The molecule has 1 rings (SSSR count). The van der Waals surface area contributed by atoms with Gasteiger partial charge in [-0.15, -0.1) is 0 Å². The predicted octanol–water partition coefficient (Wildman–Crippen LogP) is 3.90. The molecular formula is C17H36N2. The fourth-order valence-corrected chi connectivity index (χ4v) is 3.54. The highest BCUT2D eigenvalue weighted by atomic mass is 15.1. The highest BCUT2D eigenvalue weighted by molar-refractivity contribution is 4.84. The summed E-state index contributed by atoms with van der Waals surface area (Å²) in [6.07, 6.45) is 7.90. The average Bonchev–Trinajstić information content (AvgIpc) is 2.45. The number of nitrogens with two attached hydrogens (primary N) is 1. The van der Waals surface area contributed by atoms with Gasteiger partial charge >= 0.3 is 0 Å². The summed E-state index contributed by atoms with van der Waals surface area (Å²) in [6, 6.07) is 0.443. The lowest BCUT2D eigenvalue weighted by molar-refractivity contribution is 0.142. The third kappa shape index (κ3) is 5.43. The van der Waals surface area contributed by atoms with Crippen LogP contribution in [-0.4, -0.2) is 30.6 Å². The van der Waals surface area contributed by atoms with E-state index < -0.39 is 0 Å². The Labute approximate surface area is 121 Å². The summed E-state index contributed by atoms with van der Waals surface area (Å²) in [5.41, 5.74) is 6.37. The second kappa shape index (κ2) is 8.97. The second-order valence-electron chi connectivity index (χ2n) is 6.55. The molecule has 0 aliphatic heterocycles. The zero-order valence-electron chi connectivity index (χ0n) is 13.7. The summed E-state index contributed by atoms with van der Waals surface area (Å²) in [7, 11) is 0.